The van der Waals surface area contributed by atoms with E-state index in [9.17, 15) is 0 Å². The maximum atomic E-state index is 5.74. The van der Waals surface area contributed by atoms with E-state index in [4.69, 9.17) is 5.73 Å². The average Bonchev–Trinajstić information content (AvgIpc) is 2.44. The molecule has 0 fully saturated rings. The van der Waals surface area contributed by atoms with E-state index in [0.29, 0.717) is 0 Å². The average molecular weight is 226 g/mol. The minimum atomic E-state index is 0.216. The summed E-state index contributed by atoms with van der Waals surface area (Å²) in [5.41, 5.74) is 5.74. The van der Waals surface area contributed by atoms with E-state index in [1.165, 1.54) is 19.3 Å². The lowest BCUT2D eigenvalue weighted by atomic mass is 10.2. The highest BCUT2D eigenvalue weighted by molar-refractivity contribution is 7.99. The lowest BCUT2D eigenvalue weighted by molar-refractivity contribution is 0.590. The topological polar surface area (TPSA) is 56.7 Å². The van der Waals surface area contributed by atoms with Crippen LogP contribution < -0.4 is 5.73 Å². The van der Waals surface area contributed by atoms with Crippen LogP contribution in [0.2, 0.25) is 0 Å². The van der Waals surface area contributed by atoms with Crippen molar-refractivity contribution < 1.29 is 0 Å². The van der Waals surface area contributed by atoms with Gasteiger partial charge in [-0.2, -0.15) is 0 Å². The van der Waals surface area contributed by atoms with Crippen LogP contribution in [0.25, 0.3) is 0 Å². The van der Waals surface area contributed by atoms with Gasteiger partial charge in [-0.3, -0.25) is 0 Å². The largest absolute Gasteiger partial charge is 0.327 e. The number of nitrogens with two attached hydrogens (primary N) is 1. The van der Waals surface area contributed by atoms with Crippen molar-refractivity contribution in [2.45, 2.75) is 50.4 Å². The summed E-state index contributed by atoms with van der Waals surface area (Å²) in [6.07, 6.45) is 4.87. The molecular weight excluding hydrogens is 208 g/mol. The van der Waals surface area contributed by atoms with Gasteiger partial charge in [0, 0.05) is 24.8 Å². The van der Waals surface area contributed by atoms with Gasteiger partial charge < -0.3 is 10.3 Å². The molecule has 84 valence electrons. The molecule has 15 heavy (non-hydrogen) atoms. The summed E-state index contributed by atoms with van der Waals surface area (Å²) in [7, 11) is 0. The van der Waals surface area contributed by atoms with Gasteiger partial charge in [0.15, 0.2) is 5.16 Å². The van der Waals surface area contributed by atoms with Gasteiger partial charge in [-0.1, -0.05) is 18.2 Å². The number of fused-ring (bicyclic) bond motifs is 1. The van der Waals surface area contributed by atoms with Crippen molar-refractivity contribution in [3.05, 3.63) is 5.82 Å². The number of aryl methyl sites for hydroxylation is 1. The summed E-state index contributed by atoms with van der Waals surface area (Å²) in [5, 5.41) is 9.52. The van der Waals surface area contributed by atoms with Crippen molar-refractivity contribution in [2.75, 3.05) is 5.75 Å². The lowest BCUT2D eigenvalue weighted by Gasteiger charge is -2.07. The number of rotatable bonds is 3. The van der Waals surface area contributed by atoms with Crippen LogP contribution in [0.1, 0.15) is 32.0 Å². The van der Waals surface area contributed by atoms with E-state index in [1.807, 2.05) is 6.92 Å². The van der Waals surface area contributed by atoms with E-state index in [0.717, 1.165) is 29.7 Å². The monoisotopic (exact) mass is 226 g/mol. The van der Waals surface area contributed by atoms with Crippen LogP contribution in [0.3, 0.4) is 0 Å². The van der Waals surface area contributed by atoms with Crippen LogP contribution in [-0.4, -0.2) is 26.6 Å². The highest BCUT2D eigenvalue weighted by atomic mass is 32.2. The quantitative estimate of drug-likeness (QED) is 0.792. The Balaban J connectivity index is 2.08. The van der Waals surface area contributed by atoms with Gasteiger partial charge in [0.05, 0.1) is 0 Å². The number of thioether (sulfide) groups is 1. The maximum Gasteiger partial charge on any atom is 0.191 e. The zero-order chi connectivity index (χ0) is 10.7. The van der Waals surface area contributed by atoms with Gasteiger partial charge in [0.25, 0.3) is 0 Å². The molecule has 1 aromatic rings. The number of hydrogen-bond acceptors (Lipinski definition) is 4. The van der Waals surface area contributed by atoms with Gasteiger partial charge in [0.1, 0.15) is 5.82 Å². The normalized spacial score (nSPS) is 18.3. The Hall–Kier alpha value is -0.550. The molecule has 0 amide bonds. The Morgan fingerprint density at radius 2 is 2.27 bits per heavy atom. The molecule has 0 spiro atoms. The fraction of sp³-hybridized carbons (Fsp3) is 0.800. The van der Waals surface area contributed by atoms with Gasteiger partial charge in [-0.15, -0.1) is 10.2 Å². The Bertz CT molecular complexity index is 321. The molecule has 2 rings (SSSR count). The van der Waals surface area contributed by atoms with Crippen molar-refractivity contribution in [3.8, 4) is 0 Å². The summed E-state index contributed by atoms with van der Waals surface area (Å²) >= 11 is 1.72. The number of nitrogens with zero attached hydrogens (tertiary/aromatic N) is 3. The summed E-state index contributed by atoms with van der Waals surface area (Å²) in [5.74, 6) is 2.07. The molecule has 1 aromatic heterocycles. The molecule has 0 bridgehead atoms. The van der Waals surface area contributed by atoms with E-state index < -0.39 is 0 Å². The third-order valence-electron chi connectivity index (χ3n) is 2.55. The van der Waals surface area contributed by atoms with Crippen LogP contribution in [0.15, 0.2) is 5.16 Å². The molecule has 1 aliphatic rings. The third kappa shape index (κ3) is 2.72. The van der Waals surface area contributed by atoms with E-state index in [1.54, 1.807) is 11.8 Å². The molecule has 1 aliphatic heterocycles. The second kappa shape index (κ2) is 4.99. The first-order valence-electron chi connectivity index (χ1n) is 5.58. The molecule has 4 nitrogen and oxygen atoms in total. The molecule has 0 radical (unpaired) electrons. The summed E-state index contributed by atoms with van der Waals surface area (Å²) in [4.78, 5) is 0. The molecule has 2 heterocycles. The second-order valence-electron chi connectivity index (χ2n) is 4.15. The first-order chi connectivity index (χ1) is 7.27. The van der Waals surface area contributed by atoms with Crippen molar-refractivity contribution in [3.63, 3.8) is 0 Å². The molecule has 1 atom stereocenters. The molecule has 0 aliphatic carbocycles. The molecule has 5 heteroatoms. The lowest BCUT2D eigenvalue weighted by Crippen LogP contribution is -2.18. The molecule has 0 saturated carbocycles. The van der Waals surface area contributed by atoms with Crippen LogP contribution in [0.4, 0.5) is 0 Å². The van der Waals surface area contributed by atoms with Crippen molar-refractivity contribution in [2.24, 2.45) is 5.73 Å². The van der Waals surface area contributed by atoms with E-state index >= 15 is 0 Å². The smallest absolute Gasteiger partial charge is 0.191 e. The maximum absolute atomic E-state index is 5.74. The Morgan fingerprint density at radius 1 is 1.40 bits per heavy atom. The summed E-state index contributed by atoms with van der Waals surface area (Å²) in [6, 6.07) is 0.216. The zero-order valence-electron chi connectivity index (χ0n) is 9.15. The molecule has 0 saturated heterocycles. The van der Waals surface area contributed by atoms with Crippen LogP contribution in [-0.2, 0) is 13.0 Å². The van der Waals surface area contributed by atoms with Crippen LogP contribution in [0, 0.1) is 0 Å². The second-order valence-corrected chi connectivity index (χ2v) is 5.14. The van der Waals surface area contributed by atoms with Crippen LogP contribution in [0.5, 0.6) is 0 Å². The fourth-order valence-corrected chi connectivity index (χ4v) is 2.63. The highest BCUT2D eigenvalue weighted by Crippen LogP contribution is 2.21. The molecule has 0 aromatic carbocycles. The van der Waals surface area contributed by atoms with Gasteiger partial charge in [-0.25, -0.2) is 0 Å². The molecule has 2 N–H and O–H groups in total. The minimum absolute atomic E-state index is 0.216. The summed E-state index contributed by atoms with van der Waals surface area (Å²) in [6.45, 7) is 3.09. The van der Waals surface area contributed by atoms with Gasteiger partial charge in [0.2, 0.25) is 0 Å². The summed E-state index contributed by atoms with van der Waals surface area (Å²) < 4.78 is 2.26. The van der Waals surface area contributed by atoms with E-state index in [2.05, 4.69) is 14.8 Å². The van der Waals surface area contributed by atoms with E-state index in [-0.39, 0.29) is 6.04 Å². The Kier molecular flexibility index (Phi) is 3.64. The van der Waals surface area contributed by atoms with Gasteiger partial charge >= 0.3 is 0 Å². The van der Waals surface area contributed by atoms with Crippen molar-refractivity contribution >= 4 is 11.8 Å². The molecule has 1 unspecified atom stereocenters. The number of hydrogen-bond donors (Lipinski definition) is 1. The first-order valence-corrected chi connectivity index (χ1v) is 6.56. The van der Waals surface area contributed by atoms with Crippen molar-refractivity contribution in [1.82, 2.24) is 14.8 Å². The standard InChI is InChI=1S/C10H18N4S/c1-8(11)7-15-10-13-12-9-5-3-2-4-6-14(9)10/h8H,2-7,11H2,1H3. The Morgan fingerprint density at radius 3 is 3.07 bits per heavy atom. The predicted molar refractivity (Wildman–Crippen MR) is 62.0 cm³/mol. The first kappa shape index (κ1) is 11.0. The Labute approximate surface area is 94.6 Å². The van der Waals surface area contributed by atoms with Gasteiger partial charge in [-0.05, 0) is 19.8 Å². The van der Waals surface area contributed by atoms with Crippen LogP contribution >= 0.6 is 11.8 Å². The third-order valence-corrected chi connectivity index (χ3v) is 3.80. The molecular formula is C10H18N4S. The zero-order valence-corrected chi connectivity index (χ0v) is 9.96. The predicted octanol–water partition coefficient (Wildman–Crippen LogP) is 1.44. The minimum Gasteiger partial charge on any atom is -0.327 e. The van der Waals surface area contributed by atoms with Crippen molar-refractivity contribution in [1.29, 1.82) is 0 Å². The SMILES string of the molecule is CC(N)CSc1nnc2n1CCCCC2. The number of aromatic nitrogens is 3. The fourth-order valence-electron chi connectivity index (χ4n) is 1.77. The highest BCUT2D eigenvalue weighted by Gasteiger charge is 2.14.